The first-order valence-electron chi connectivity index (χ1n) is 10.4. The van der Waals surface area contributed by atoms with Gasteiger partial charge in [0.05, 0.1) is 26.4 Å². The molecule has 0 heterocycles. The van der Waals surface area contributed by atoms with Crippen LogP contribution in [-0.2, 0) is 14.2 Å². The number of hydrogen-bond acceptors (Lipinski definition) is 3. The Balaban J connectivity index is 2.98. The molecule has 0 saturated carbocycles. The predicted octanol–water partition coefficient (Wildman–Crippen LogP) is 5.86. The molecule has 0 amide bonds. The van der Waals surface area contributed by atoms with Gasteiger partial charge in [0.15, 0.2) is 0 Å². The highest BCUT2D eigenvalue weighted by atomic mass is 16.5. The number of hydrogen-bond donors (Lipinski definition) is 0. The Morgan fingerprint density at radius 1 is 0.417 bits per heavy atom. The zero-order valence-corrected chi connectivity index (χ0v) is 17.0. The molecular formula is C21H44O3. The molecule has 0 radical (unpaired) electrons. The SMILES string of the molecule is CC(C)CCCCCCOCCOCCOCCCCCC(C)C. The van der Waals surface area contributed by atoms with Crippen molar-refractivity contribution >= 4 is 0 Å². The van der Waals surface area contributed by atoms with Gasteiger partial charge in [0.1, 0.15) is 0 Å². The highest BCUT2D eigenvalue weighted by Crippen LogP contribution is 2.09. The van der Waals surface area contributed by atoms with Gasteiger partial charge in [-0.25, -0.2) is 0 Å². The third-order valence-corrected chi connectivity index (χ3v) is 4.13. The maximum Gasteiger partial charge on any atom is 0.0701 e. The van der Waals surface area contributed by atoms with Crippen molar-refractivity contribution in [3.05, 3.63) is 0 Å². The molecule has 146 valence electrons. The summed E-state index contributed by atoms with van der Waals surface area (Å²) in [5.41, 5.74) is 0. The summed E-state index contributed by atoms with van der Waals surface area (Å²) in [4.78, 5) is 0. The largest absolute Gasteiger partial charge is 0.379 e. The van der Waals surface area contributed by atoms with Gasteiger partial charge in [-0.2, -0.15) is 0 Å². The highest BCUT2D eigenvalue weighted by molar-refractivity contribution is 4.48. The first kappa shape index (κ1) is 23.9. The van der Waals surface area contributed by atoms with Crippen molar-refractivity contribution in [1.82, 2.24) is 0 Å². The van der Waals surface area contributed by atoms with E-state index in [-0.39, 0.29) is 0 Å². The van der Waals surface area contributed by atoms with E-state index >= 15 is 0 Å². The van der Waals surface area contributed by atoms with E-state index in [0.29, 0.717) is 26.4 Å². The van der Waals surface area contributed by atoms with E-state index in [1.54, 1.807) is 0 Å². The Kier molecular flexibility index (Phi) is 19.1. The van der Waals surface area contributed by atoms with Crippen LogP contribution in [0.15, 0.2) is 0 Å². The average Bonchev–Trinajstić information content (AvgIpc) is 2.53. The lowest BCUT2D eigenvalue weighted by Gasteiger charge is -2.08. The van der Waals surface area contributed by atoms with Crippen molar-refractivity contribution in [3.63, 3.8) is 0 Å². The Morgan fingerprint density at radius 3 is 1.17 bits per heavy atom. The standard InChI is InChI=1S/C21H44O3/c1-20(2)12-8-5-6-10-14-22-16-18-24-19-17-23-15-11-7-9-13-21(3)4/h20-21H,5-19H2,1-4H3. The van der Waals surface area contributed by atoms with Gasteiger partial charge in [0, 0.05) is 13.2 Å². The fraction of sp³-hybridized carbons (Fsp3) is 1.00. The molecule has 0 atom stereocenters. The van der Waals surface area contributed by atoms with Gasteiger partial charge in [-0.3, -0.25) is 0 Å². The maximum atomic E-state index is 5.59. The van der Waals surface area contributed by atoms with Gasteiger partial charge in [0.2, 0.25) is 0 Å². The van der Waals surface area contributed by atoms with Crippen molar-refractivity contribution < 1.29 is 14.2 Å². The summed E-state index contributed by atoms with van der Waals surface area (Å²) in [5.74, 6) is 1.67. The molecule has 0 aromatic carbocycles. The molecule has 0 aromatic rings. The minimum atomic E-state index is 0.685. The van der Waals surface area contributed by atoms with Crippen LogP contribution in [0, 0.1) is 11.8 Å². The quantitative estimate of drug-likeness (QED) is 0.275. The van der Waals surface area contributed by atoms with Gasteiger partial charge in [-0.15, -0.1) is 0 Å². The van der Waals surface area contributed by atoms with Crippen LogP contribution in [0.3, 0.4) is 0 Å². The molecule has 0 bridgehead atoms. The van der Waals surface area contributed by atoms with Crippen LogP contribution in [-0.4, -0.2) is 39.6 Å². The molecule has 0 spiro atoms. The van der Waals surface area contributed by atoms with Crippen LogP contribution >= 0.6 is 0 Å². The van der Waals surface area contributed by atoms with Crippen LogP contribution < -0.4 is 0 Å². The fourth-order valence-corrected chi connectivity index (χ4v) is 2.59. The lowest BCUT2D eigenvalue weighted by atomic mass is 10.0. The van der Waals surface area contributed by atoms with Gasteiger partial charge in [0.25, 0.3) is 0 Å². The Hall–Kier alpha value is -0.120. The molecule has 3 heteroatoms. The van der Waals surface area contributed by atoms with E-state index in [2.05, 4.69) is 27.7 Å². The van der Waals surface area contributed by atoms with Crippen molar-refractivity contribution in [1.29, 1.82) is 0 Å². The van der Waals surface area contributed by atoms with Crippen molar-refractivity contribution in [2.45, 2.75) is 85.5 Å². The molecule has 0 unspecified atom stereocenters. The summed E-state index contributed by atoms with van der Waals surface area (Å²) >= 11 is 0. The molecule has 0 aromatic heterocycles. The Bertz CT molecular complexity index is 205. The minimum Gasteiger partial charge on any atom is -0.379 e. The van der Waals surface area contributed by atoms with Gasteiger partial charge in [-0.05, 0) is 24.7 Å². The van der Waals surface area contributed by atoms with E-state index < -0.39 is 0 Å². The Morgan fingerprint density at radius 2 is 0.750 bits per heavy atom. The first-order valence-corrected chi connectivity index (χ1v) is 10.4. The second-order valence-electron chi connectivity index (χ2n) is 7.68. The molecule has 0 aliphatic heterocycles. The van der Waals surface area contributed by atoms with E-state index in [1.807, 2.05) is 0 Å². The number of rotatable bonds is 19. The second kappa shape index (κ2) is 19.2. The zero-order valence-electron chi connectivity index (χ0n) is 17.0. The smallest absolute Gasteiger partial charge is 0.0701 e. The predicted molar refractivity (Wildman–Crippen MR) is 104 cm³/mol. The molecule has 0 fully saturated rings. The van der Waals surface area contributed by atoms with Crippen molar-refractivity contribution in [3.8, 4) is 0 Å². The summed E-state index contributed by atoms with van der Waals surface area (Å²) < 4.78 is 16.7. The lowest BCUT2D eigenvalue weighted by molar-refractivity contribution is 0.0132. The summed E-state index contributed by atoms with van der Waals surface area (Å²) in [5, 5.41) is 0. The number of ether oxygens (including phenoxy) is 3. The second-order valence-corrected chi connectivity index (χ2v) is 7.68. The van der Waals surface area contributed by atoms with Crippen LogP contribution in [0.4, 0.5) is 0 Å². The molecule has 0 rings (SSSR count). The molecule has 0 aliphatic carbocycles. The molecular weight excluding hydrogens is 300 g/mol. The van der Waals surface area contributed by atoms with E-state index in [1.165, 1.54) is 57.8 Å². The maximum absolute atomic E-state index is 5.59. The molecule has 0 saturated heterocycles. The van der Waals surface area contributed by atoms with Gasteiger partial charge >= 0.3 is 0 Å². The normalized spacial score (nSPS) is 11.8. The average molecular weight is 345 g/mol. The van der Waals surface area contributed by atoms with Gasteiger partial charge in [-0.1, -0.05) is 72.6 Å². The molecule has 24 heavy (non-hydrogen) atoms. The third-order valence-electron chi connectivity index (χ3n) is 4.13. The number of unbranched alkanes of at least 4 members (excludes halogenated alkanes) is 5. The fourth-order valence-electron chi connectivity index (χ4n) is 2.59. The van der Waals surface area contributed by atoms with Crippen LogP contribution in [0.2, 0.25) is 0 Å². The Labute approximate surface area is 151 Å². The van der Waals surface area contributed by atoms with Gasteiger partial charge < -0.3 is 14.2 Å². The van der Waals surface area contributed by atoms with E-state index in [0.717, 1.165) is 25.0 Å². The van der Waals surface area contributed by atoms with Crippen molar-refractivity contribution in [2.75, 3.05) is 39.6 Å². The van der Waals surface area contributed by atoms with Crippen LogP contribution in [0.5, 0.6) is 0 Å². The minimum absolute atomic E-state index is 0.685. The third kappa shape index (κ3) is 21.9. The molecule has 0 N–H and O–H groups in total. The highest BCUT2D eigenvalue weighted by Gasteiger charge is 1.96. The molecule has 0 aliphatic rings. The van der Waals surface area contributed by atoms with Crippen LogP contribution in [0.1, 0.15) is 85.5 Å². The molecule has 3 nitrogen and oxygen atoms in total. The first-order chi connectivity index (χ1) is 11.6. The monoisotopic (exact) mass is 344 g/mol. The summed E-state index contributed by atoms with van der Waals surface area (Å²) in [6.45, 7) is 13.7. The summed E-state index contributed by atoms with van der Waals surface area (Å²) in [7, 11) is 0. The van der Waals surface area contributed by atoms with Crippen molar-refractivity contribution in [2.24, 2.45) is 11.8 Å². The van der Waals surface area contributed by atoms with E-state index in [9.17, 15) is 0 Å². The topological polar surface area (TPSA) is 27.7 Å². The zero-order chi connectivity index (χ0) is 17.9. The van der Waals surface area contributed by atoms with Crippen LogP contribution in [0.25, 0.3) is 0 Å². The lowest BCUT2D eigenvalue weighted by Crippen LogP contribution is -2.10. The summed E-state index contributed by atoms with van der Waals surface area (Å²) in [6, 6.07) is 0. The van der Waals surface area contributed by atoms with E-state index in [4.69, 9.17) is 14.2 Å². The summed E-state index contributed by atoms with van der Waals surface area (Å²) in [6.07, 6.45) is 11.6.